The summed E-state index contributed by atoms with van der Waals surface area (Å²) in [5.74, 6) is 0.544. The van der Waals surface area contributed by atoms with Gasteiger partial charge in [-0.3, -0.25) is 14.5 Å². The van der Waals surface area contributed by atoms with Gasteiger partial charge in [0.05, 0.1) is 18.4 Å². The van der Waals surface area contributed by atoms with Crippen molar-refractivity contribution in [3.63, 3.8) is 0 Å². The molecule has 1 amide bonds. The maximum atomic E-state index is 13.2. The molecular weight excluding hydrogens is 430 g/mol. The molecule has 0 aromatic carbocycles. The van der Waals surface area contributed by atoms with Crippen LogP contribution in [-0.2, 0) is 9.53 Å². The molecule has 2 aliphatic heterocycles. The summed E-state index contributed by atoms with van der Waals surface area (Å²) in [6.07, 6.45) is 4.65. The monoisotopic (exact) mass is 461 g/mol. The first-order valence-electron chi connectivity index (χ1n) is 11.2. The molecule has 2 fully saturated rings. The number of amides is 1. The Balaban J connectivity index is 1.42. The number of aliphatic hydroxyl groups is 1. The van der Waals surface area contributed by atoms with E-state index in [-0.39, 0.29) is 30.1 Å². The zero-order chi connectivity index (χ0) is 22.7. The molecule has 32 heavy (non-hydrogen) atoms. The highest BCUT2D eigenvalue weighted by Gasteiger charge is 2.32. The van der Waals surface area contributed by atoms with Gasteiger partial charge in [-0.2, -0.15) is 0 Å². The number of carbonyl (C=O) groups excluding carboxylic acids is 2. The molecular formula is C23H31N3O5S. The highest BCUT2D eigenvalue weighted by molar-refractivity contribution is 7.18. The highest BCUT2D eigenvalue weighted by Crippen LogP contribution is 2.35. The summed E-state index contributed by atoms with van der Waals surface area (Å²) in [7, 11) is 0. The molecule has 2 saturated heterocycles. The second-order valence-electron chi connectivity index (χ2n) is 9.18. The van der Waals surface area contributed by atoms with Gasteiger partial charge in [0.1, 0.15) is 10.6 Å². The van der Waals surface area contributed by atoms with E-state index in [4.69, 9.17) is 9.15 Å². The molecule has 0 unspecified atom stereocenters. The van der Waals surface area contributed by atoms with Crippen molar-refractivity contribution in [1.29, 1.82) is 0 Å². The molecule has 0 atom stereocenters. The number of ketones is 1. The van der Waals surface area contributed by atoms with E-state index in [9.17, 15) is 14.7 Å². The minimum Gasteiger partial charge on any atom is -0.463 e. The van der Waals surface area contributed by atoms with Crippen LogP contribution in [0.15, 0.2) is 22.8 Å². The summed E-state index contributed by atoms with van der Waals surface area (Å²) in [6, 6.07) is 3.53. The Labute approximate surface area is 192 Å². The number of nitrogens with one attached hydrogen (secondary N) is 1. The SMILES string of the molecule is CC(C)(O)C1CCN(CC(=O)Nc2nc(-c3ccco3)c(C(=O)C3CCOCC3)s2)CC1. The van der Waals surface area contributed by atoms with Gasteiger partial charge in [-0.1, -0.05) is 11.3 Å². The fourth-order valence-corrected chi connectivity index (χ4v) is 5.43. The van der Waals surface area contributed by atoms with E-state index >= 15 is 0 Å². The van der Waals surface area contributed by atoms with Gasteiger partial charge in [-0.25, -0.2) is 4.98 Å². The molecule has 4 heterocycles. The van der Waals surface area contributed by atoms with Crippen LogP contribution in [0.3, 0.4) is 0 Å². The number of anilines is 1. The maximum absolute atomic E-state index is 13.2. The Morgan fingerprint density at radius 2 is 1.97 bits per heavy atom. The Bertz CT molecular complexity index is 920. The topological polar surface area (TPSA) is 105 Å². The Hall–Kier alpha value is -2.07. The molecule has 174 valence electrons. The third kappa shape index (κ3) is 5.46. The number of carbonyl (C=O) groups is 2. The van der Waals surface area contributed by atoms with E-state index in [1.807, 2.05) is 13.8 Å². The van der Waals surface area contributed by atoms with Crippen LogP contribution in [-0.4, -0.2) is 65.1 Å². The number of nitrogens with zero attached hydrogens (tertiary/aromatic N) is 2. The number of likely N-dealkylation sites (tertiary alicyclic amines) is 1. The number of rotatable bonds is 7. The molecule has 2 aromatic heterocycles. The average molecular weight is 462 g/mol. The quantitative estimate of drug-likeness (QED) is 0.609. The zero-order valence-corrected chi connectivity index (χ0v) is 19.5. The minimum atomic E-state index is -0.690. The highest BCUT2D eigenvalue weighted by atomic mass is 32.1. The summed E-state index contributed by atoms with van der Waals surface area (Å²) < 4.78 is 10.9. The van der Waals surface area contributed by atoms with Crippen molar-refractivity contribution < 1.29 is 23.8 Å². The lowest BCUT2D eigenvalue weighted by Crippen LogP contribution is -2.44. The predicted octanol–water partition coefficient (Wildman–Crippen LogP) is 3.43. The van der Waals surface area contributed by atoms with Gasteiger partial charge >= 0.3 is 0 Å². The average Bonchev–Trinajstić information content (AvgIpc) is 3.43. The van der Waals surface area contributed by atoms with Gasteiger partial charge in [0, 0.05) is 19.1 Å². The van der Waals surface area contributed by atoms with Crippen LogP contribution in [0.4, 0.5) is 5.13 Å². The third-order valence-corrected chi connectivity index (χ3v) is 7.38. The standard InChI is InChI=1S/C23H31N3O5S/c1-23(2,29)16-5-9-26(10-6-16)14-18(27)24-22-25-19(17-4-3-11-31-17)21(32-22)20(28)15-7-12-30-13-8-15/h3-4,11,15-16,29H,5-10,12-14H2,1-2H3,(H,24,25,27). The van der Waals surface area contributed by atoms with Gasteiger partial charge in [0.2, 0.25) is 5.91 Å². The predicted molar refractivity (Wildman–Crippen MR) is 122 cm³/mol. The van der Waals surface area contributed by atoms with Gasteiger partial charge < -0.3 is 19.6 Å². The minimum absolute atomic E-state index is 0.0337. The Kier molecular flexibility index (Phi) is 7.09. The number of piperidine rings is 1. The summed E-state index contributed by atoms with van der Waals surface area (Å²) in [5, 5.41) is 13.5. The number of hydrogen-bond donors (Lipinski definition) is 2. The van der Waals surface area contributed by atoms with E-state index in [1.165, 1.54) is 11.3 Å². The van der Waals surface area contributed by atoms with Crippen LogP contribution in [0, 0.1) is 11.8 Å². The first-order chi connectivity index (χ1) is 15.3. The lowest BCUT2D eigenvalue weighted by molar-refractivity contribution is -0.118. The summed E-state index contributed by atoms with van der Waals surface area (Å²) in [6.45, 7) is 6.66. The van der Waals surface area contributed by atoms with Crippen LogP contribution < -0.4 is 5.32 Å². The number of ether oxygens (including phenoxy) is 1. The zero-order valence-electron chi connectivity index (χ0n) is 18.6. The molecule has 0 saturated carbocycles. The van der Waals surface area contributed by atoms with E-state index in [1.54, 1.807) is 18.4 Å². The Morgan fingerprint density at radius 1 is 1.25 bits per heavy atom. The smallest absolute Gasteiger partial charge is 0.240 e. The largest absolute Gasteiger partial charge is 0.463 e. The van der Waals surface area contributed by atoms with Gasteiger partial charge in [0.15, 0.2) is 16.7 Å². The number of furan rings is 1. The number of Topliss-reactive ketones (excluding diaryl/α,β-unsaturated/α-hetero) is 1. The normalized spacial score (nSPS) is 19.2. The van der Waals surface area contributed by atoms with Crippen LogP contribution in [0.2, 0.25) is 0 Å². The van der Waals surface area contributed by atoms with Crippen molar-refractivity contribution in [1.82, 2.24) is 9.88 Å². The molecule has 2 aliphatic rings. The van der Waals surface area contributed by atoms with Gasteiger partial charge in [0.25, 0.3) is 0 Å². The maximum Gasteiger partial charge on any atom is 0.240 e. The third-order valence-electron chi connectivity index (χ3n) is 6.40. The van der Waals surface area contributed by atoms with Crippen molar-refractivity contribution in [2.75, 3.05) is 38.2 Å². The van der Waals surface area contributed by atoms with E-state index in [0.717, 1.165) is 25.9 Å². The number of thiazole rings is 1. The van der Waals surface area contributed by atoms with Crippen molar-refractivity contribution in [3.05, 3.63) is 23.3 Å². The number of aromatic nitrogens is 1. The molecule has 0 radical (unpaired) electrons. The van der Waals surface area contributed by atoms with Crippen LogP contribution in [0.25, 0.3) is 11.5 Å². The van der Waals surface area contributed by atoms with E-state index < -0.39 is 5.60 Å². The molecule has 0 spiro atoms. The molecule has 2 aromatic rings. The van der Waals surface area contributed by atoms with E-state index in [0.29, 0.717) is 47.5 Å². The first-order valence-corrected chi connectivity index (χ1v) is 12.0. The van der Waals surface area contributed by atoms with Crippen LogP contribution >= 0.6 is 11.3 Å². The van der Waals surface area contributed by atoms with Crippen LogP contribution in [0.5, 0.6) is 0 Å². The number of hydrogen-bond acceptors (Lipinski definition) is 8. The second-order valence-corrected chi connectivity index (χ2v) is 10.2. The molecule has 4 rings (SSSR count). The summed E-state index contributed by atoms with van der Waals surface area (Å²) in [4.78, 5) is 33.0. The Morgan fingerprint density at radius 3 is 2.59 bits per heavy atom. The molecule has 0 bridgehead atoms. The lowest BCUT2D eigenvalue weighted by atomic mass is 9.83. The fourth-order valence-electron chi connectivity index (χ4n) is 4.43. The lowest BCUT2D eigenvalue weighted by Gasteiger charge is -2.37. The molecule has 0 aliphatic carbocycles. The summed E-state index contributed by atoms with van der Waals surface area (Å²) >= 11 is 1.21. The summed E-state index contributed by atoms with van der Waals surface area (Å²) in [5.41, 5.74) is -0.206. The molecule has 2 N–H and O–H groups in total. The van der Waals surface area contributed by atoms with Crippen molar-refractivity contribution >= 4 is 28.2 Å². The van der Waals surface area contributed by atoms with E-state index in [2.05, 4.69) is 15.2 Å². The fraction of sp³-hybridized carbons (Fsp3) is 0.609. The second kappa shape index (κ2) is 9.82. The van der Waals surface area contributed by atoms with Crippen LogP contribution in [0.1, 0.15) is 49.2 Å². The van der Waals surface area contributed by atoms with Crippen molar-refractivity contribution in [2.24, 2.45) is 11.8 Å². The first kappa shape index (κ1) is 23.1. The van der Waals surface area contributed by atoms with Gasteiger partial charge in [-0.15, -0.1) is 0 Å². The van der Waals surface area contributed by atoms with Gasteiger partial charge in [-0.05, 0) is 70.7 Å². The molecule has 8 nitrogen and oxygen atoms in total. The van der Waals surface area contributed by atoms with Crippen molar-refractivity contribution in [3.8, 4) is 11.5 Å². The van der Waals surface area contributed by atoms with Crippen molar-refractivity contribution in [2.45, 2.75) is 45.1 Å². The molecule has 9 heteroatoms.